The second-order valence-corrected chi connectivity index (χ2v) is 4.18. The number of benzene rings is 1. The zero-order chi connectivity index (χ0) is 13.1. The molecular weight excluding hydrogens is 226 g/mol. The molecule has 2 rings (SSSR count). The van der Waals surface area contributed by atoms with Crippen molar-refractivity contribution in [3.8, 4) is 11.9 Å². The third kappa shape index (κ3) is 2.16. The normalized spacial score (nSPS) is 10.1. The van der Waals surface area contributed by atoms with E-state index in [1.807, 2.05) is 25.1 Å². The lowest BCUT2D eigenvalue weighted by atomic mass is 10.1. The molecule has 2 aromatic rings. The molecule has 0 saturated heterocycles. The van der Waals surface area contributed by atoms with Gasteiger partial charge in [0.05, 0.1) is 19.3 Å². The Bertz CT molecular complexity index is 608. The van der Waals surface area contributed by atoms with E-state index in [4.69, 9.17) is 15.7 Å². The largest absolute Gasteiger partial charge is 0.481 e. The highest BCUT2D eigenvalue weighted by molar-refractivity contribution is 5.55. The maximum absolute atomic E-state index is 9.10. The minimum absolute atomic E-state index is 0.488. The molecule has 1 aromatic carbocycles. The quantitative estimate of drug-likeness (QED) is 0.896. The monoisotopic (exact) mass is 241 g/mol. The van der Waals surface area contributed by atoms with Gasteiger partial charge in [-0.1, -0.05) is 29.8 Å². The molecule has 0 atom stereocenters. The Kier molecular flexibility index (Phi) is 3.24. The molecule has 18 heavy (non-hydrogen) atoms. The van der Waals surface area contributed by atoms with Crippen LogP contribution in [0.25, 0.3) is 0 Å². The van der Waals surface area contributed by atoms with Gasteiger partial charge in [0.1, 0.15) is 11.8 Å². The van der Waals surface area contributed by atoms with Gasteiger partial charge in [-0.2, -0.15) is 5.26 Å². The van der Waals surface area contributed by atoms with Crippen molar-refractivity contribution in [3.05, 3.63) is 47.2 Å². The summed E-state index contributed by atoms with van der Waals surface area (Å²) in [6, 6.07) is 11.9. The Labute approximate surface area is 106 Å². The van der Waals surface area contributed by atoms with Crippen molar-refractivity contribution in [2.45, 2.75) is 13.5 Å². The number of ether oxygens (including phenoxy) is 1. The summed E-state index contributed by atoms with van der Waals surface area (Å²) in [6.45, 7) is 2.61. The van der Waals surface area contributed by atoms with Crippen LogP contribution in [0.2, 0.25) is 0 Å². The number of methoxy groups -OCH3 is 1. The number of rotatable bonds is 3. The Morgan fingerprint density at radius 2 is 2.17 bits per heavy atom. The summed E-state index contributed by atoms with van der Waals surface area (Å²) in [7, 11) is 1.56. The van der Waals surface area contributed by atoms with Gasteiger partial charge in [-0.15, -0.1) is 0 Å². The standard InChI is InChI=1S/C14H15N3O/c1-10-4-3-5-11(6-10)9-17-12(8-15)7-13(16)14(17)18-2/h3-7H,9,16H2,1-2H3. The van der Waals surface area contributed by atoms with Gasteiger partial charge in [-0.05, 0) is 12.5 Å². The summed E-state index contributed by atoms with van der Waals surface area (Å²) in [4.78, 5) is 0. The van der Waals surface area contributed by atoms with Crippen molar-refractivity contribution in [1.29, 1.82) is 5.26 Å². The number of anilines is 1. The Morgan fingerprint density at radius 1 is 1.39 bits per heavy atom. The van der Waals surface area contributed by atoms with Crippen molar-refractivity contribution in [2.75, 3.05) is 12.8 Å². The van der Waals surface area contributed by atoms with E-state index < -0.39 is 0 Å². The van der Waals surface area contributed by atoms with Gasteiger partial charge in [-0.3, -0.25) is 4.57 Å². The summed E-state index contributed by atoms with van der Waals surface area (Å²) >= 11 is 0. The molecule has 0 bridgehead atoms. The van der Waals surface area contributed by atoms with Crippen LogP contribution in [0.4, 0.5) is 5.69 Å². The lowest BCUT2D eigenvalue weighted by molar-refractivity contribution is 0.379. The van der Waals surface area contributed by atoms with Crippen molar-refractivity contribution in [2.24, 2.45) is 0 Å². The van der Waals surface area contributed by atoms with Gasteiger partial charge in [0.2, 0.25) is 5.88 Å². The molecule has 0 spiro atoms. The molecule has 2 N–H and O–H groups in total. The molecule has 0 aliphatic heterocycles. The molecular formula is C14H15N3O. The van der Waals surface area contributed by atoms with Gasteiger partial charge in [0, 0.05) is 6.07 Å². The summed E-state index contributed by atoms with van der Waals surface area (Å²) in [5, 5.41) is 9.10. The van der Waals surface area contributed by atoms with Crippen molar-refractivity contribution >= 4 is 5.69 Å². The smallest absolute Gasteiger partial charge is 0.218 e. The number of nitriles is 1. The molecule has 0 aliphatic carbocycles. The Balaban J connectivity index is 2.42. The van der Waals surface area contributed by atoms with Crippen LogP contribution in [0.1, 0.15) is 16.8 Å². The van der Waals surface area contributed by atoms with Crippen molar-refractivity contribution in [3.63, 3.8) is 0 Å². The zero-order valence-corrected chi connectivity index (χ0v) is 10.5. The first-order chi connectivity index (χ1) is 8.65. The third-order valence-corrected chi connectivity index (χ3v) is 2.81. The van der Waals surface area contributed by atoms with Crippen LogP contribution in [-0.4, -0.2) is 11.7 Å². The van der Waals surface area contributed by atoms with E-state index in [1.165, 1.54) is 5.56 Å². The minimum Gasteiger partial charge on any atom is -0.481 e. The highest BCUT2D eigenvalue weighted by Crippen LogP contribution is 2.27. The highest BCUT2D eigenvalue weighted by Gasteiger charge is 2.13. The van der Waals surface area contributed by atoms with E-state index in [0.717, 1.165) is 5.56 Å². The minimum atomic E-state index is 0.488. The van der Waals surface area contributed by atoms with Crippen LogP contribution in [0.5, 0.6) is 5.88 Å². The molecule has 0 amide bonds. The number of nitrogen functional groups attached to an aromatic ring is 1. The first-order valence-corrected chi connectivity index (χ1v) is 5.64. The predicted octanol–water partition coefficient (Wildman–Crippen LogP) is 2.31. The second-order valence-electron chi connectivity index (χ2n) is 4.18. The van der Waals surface area contributed by atoms with Crippen LogP contribution in [-0.2, 0) is 6.54 Å². The Morgan fingerprint density at radius 3 is 2.78 bits per heavy atom. The van der Waals surface area contributed by atoms with E-state index in [1.54, 1.807) is 17.7 Å². The zero-order valence-electron chi connectivity index (χ0n) is 10.5. The van der Waals surface area contributed by atoms with Crippen LogP contribution < -0.4 is 10.5 Å². The second kappa shape index (κ2) is 4.84. The van der Waals surface area contributed by atoms with Gasteiger partial charge in [0.15, 0.2) is 0 Å². The SMILES string of the molecule is COc1c(N)cc(C#N)n1Cc1cccc(C)c1. The van der Waals surface area contributed by atoms with Crippen LogP contribution >= 0.6 is 0 Å². The molecule has 0 radical (unpaired) electrons. The average molecular weight is 241 g/mol. The number of hydrogen-bond donors (Lipinski definition) is 1. The van der Waals surface area contributed by atoms with Crippen molar-refractivity contribution < 1.29 is 4.74 Å². The van der Waals surface area contributed by atoms with E-state index in [-0.39, 0.29) is 0 Å². The molecule has 0 fully saturated rings. The first-order valence-electron chi connectivity index (χ1n) is 5.64. The van der Waals surface area contributed by atoms with Crippen molar-refractivity contribution in [1.82, 2.24) is 4.57 Å². The van der Waals surface area contributed by atoms with E-state index in [9.17, 15) is 0 Å². The molecule has 0 saturated carbocycles. The topological polar surface area (TPSA) is 64.0 Å². The summed E-state index contributed by atoms with van der Waals surface area (Å²) in [5.74, 6) is 0.535. The molecule has 1 aromatic heterocycles. The maximum atomic E-state index is 9.10. The van der Waals surface area contributed by atoms with Gasteiger partial charge < -0.3 is 10.5 Å². The molecule has 4 nitrogen and oxygen atoms in total. The number of hydrogen-bond acceptors (Lipinski definition) is 3. The van der Waals surface area contributed by atoms with Crippen LogP contribution in [0.3, 0.4) is 0 Å². The molecule has 0 aliphatic rings. The lowest BCUT2D eigenvalue weighted by Crippen LogP contribution is -2.05. The fourth-order valence-corrected chi connectivity index (χ4v) is 2.02. The van der Waals surface area contributed by atoms with E-state index in [0.29, 0.717) is 23.8 Å². The summed E-state index contributed by atoms with van der Waals surface area (Å²) < 4.78 is 7.03. The number of aromatic nitrogens is 1. The highest BCUT2D eigenvalue weighted by atomic mass is 16.5. The van der Waals surface area contributed by atoms with Gasteiger partial charge in [0.25, 0.3) is 0 Å². The lowest BCUT2D eigenvalue weighted by Gasteiger charge is -2.10. The van der Waals surface area contributed by atoms with Crippen LogP contribution in [0.15, 0.2) is 30.3 Å². The molecule has 4 heteroatoms. The maximum Gasteiger partial charge on any atom is 0.218 e. The molecule has 0 unspecified atom stereocenters. The summed E-state index contributed by atoms with van der Waals surface area (Å²) in [6.07, 6.45) is 0. The average Bonchev–Trinajstić information content (AvgIpc) is 2.65. The number of nitrogens with zero attached hydrogens (tertiary/aromatic N) is 2. The fourth-order valence-electron chi connectivity index (χ4n) is 2.02. The summed E-state index contributed by atoms with van der Waals surface area (Å²) in [5.41, 5.74) is 9.10. The van der Waals surface area contributed by atoms with Crippen LogP contribution in [0, 0.1) is 18.3 Å². The number of nitrogens with two attached hydrogens (primary N) is 1. The Hall–Kier alpha value is -2.41. The van der Waals surface area contributed by atoms with E-state index >= 15 is 0 Å². The number of aryl methyl sites for hydroxylation is 1. The molecule has 1 heterocycles. The fraction of sp³-hybridized carbons (Fsp3) is 0.214. The van der Waals surface area contributed by atoms with E-state index in [2.05, 4.69) is 12.1 Å². The first kappa shape index (κ1) is 12.1. The van der Waals surface area contributed by atoms with Gasteiger partial charge >= 0.3 is 0 Å². The molecule has 92 valence electrons. The van der Waals surface area contributed by atoms with Gasteiger partial charge in [-0.25, -0.2) is 0 Å². The third-order valence-electron chi connectivity index (χ3n) is 2.81. The predicted molar refractivity (Wildman–Crippen MR) is 70.4 cm³/mol.